The number of nitrogens with one attached hydrogen (secondary N) is 1. The topological polar surface area (TPSA) is 75.7 Å². The smallest absolute Gasteiger partial charge is 0.411 e. The van der Waals surface area contributed by atoms with E-state index in [2.05, 4.69) is 23.1 Å². The monoisotopic (exact) mass is 494 g/mol. The number of carbonyl (C=O) groups excluding carboxylic acids is 1. The molecule has 0 radical (unpaired) electrons. The molecule has 0 aromatic heterocycles. The molecule has 0 spiro atoms. The highest BCUT2D eigenvalue weighted by molar-refractivity contribution is 7.88. The molecule has 1 saturated heterocycles. The van der Waals surface area contributed by atoms with Gasteiger partial charge in [-0.15, -0.1) is 0 Å². The van der Waals surface area contributed by atoms with Gasteiger partial charge in [0.1, 0.15) is 5.60 Å². The average Bonchev–Trinajstić information content (AvgIpc) is 2.76. The molecular weight excluding hydrogens is 460 g/mol. The predicted molar refractivity (Wildman–Crippen MR) is 139 cm³/mol. The second kappa shape index (κ2) is 10.3. The molecule has 35 heavy (non-hydrogen) atoms. The van der Waals surface area contributed by atoms with Crippen LogP contribution in [0.5, 0.6) is 0 Å². The molecule has 2 atom stereocenters. The van der Waals surface area contributed by atoms with Crippen LogP contribution in [0.2, 0.25) is 0 Å². The van der Waals surface area contributed by atoms with E-state index < -0.39 is 21.2 Å². The van der Waals surface area contributed by atoms with E-state index in [4.69, 9.17) is 4.74 Å². The van der Waals surface area contributed by atoms with Crippen LogP contribution in [0.4, 0.5) is 4.79 Å². The number of ether oxygens (including phenoxy) is 1. The maximum Gasteiger partial charge on any atom is 0.411 e. The number of hydrogen-bond acceptors (Lipinski definition) is 4. The number of nitrogens with zero attached hydrogens (tertiary/aromatic N) is 1. The summed E-state index contributed by atoms with van der Waals surface area (Å²) in [6.07, 6.45) is 2.03. The lowest BCUT2D eigenvalue weighted by Gasteiger charge is -2.43. The van der Waals surface area contributed by atoms with Crippen LogP contribution in [-0.4, -0.2) is 37.8 Å². The van der Waals surface area contributed by atoms with Gasteiger partial charge >= 0.3 is 6.09 Å². The maximum absolute atomic E-state index is 13.2. The van der Waals surface area contributed by atoms with Crippen LogP contribution in [0.15, 0.2) is 66.7 Å². The normalized spacial score (nSPS) is 19.3. The van der Waals surface area contributed by atoms with Crippen molar-refractivity contribution in [3.63, 3.8) is 0 Å². The standard InChI is InChI=1S/C28H34N2O4S/c1-21(2)20-28(25-10-8-7-9-11-25)18-19-30(26(31)34-28)22(3)24-14-12-23(13-15-24)16-17-27(4,5)29-35(6,32)33/h7-15,22,29H,1,18-20H2,2-6H3. The van der Waals surface area contributed by atoms with Gasteiger partial charge in [-0.05, 0) is 51.0 Å². The highest BCUT2D eigenvalue weighted by Gasteiger charge is 2.43. The summed E-state index contributed by atoms with van der Waals surface area (Å²) in [6, 6.07) is 17.3. The molecule has 1 N–H and O–H groups in total. The van der Waals surface area contributed by atoms with E-state index in [0.29, 0.717) is 19.4 Å². The lowest BCUT2D eigenvalue weighted by molar-refractivity contribution is -0.0602. The Bertz CT molecular complexity index is 1240. The van der Waals surface area contributed by atoms with Gasteiger partial charge in [-0.25, -0.2) is 13.2 Å². The zero-order valence-electron chi connectivity index (χ0n) is 21.1. The molecule has 0 saturated carbocycles. The quantitative estimate of drug-likeness (QED) is 0.428. The molecule has 1 heterocycles. The first kappa shape index (κ1) is 26.5. The Balaban J connectivity index is 1.74. The van der Waals surface area contributed by atoms with Crippen molar-refractivity contribution in [3.05, 3.63) is 83.4 Å². The number of hydrogen-bond donors (Lipinski definition) is 1. The van der Waals surface area contributed by atoms with Gasteiger partial charge in [0.2, 0.25) is 10.0 Å². The minimum atomic E-state index is -3.36. The van der Waals surface area contributed by atoms with Gasteiger partial charge in [-0.3, -0.25) is 0 Å². The van der Waals surface area contributed by atoms with Gasteiger partial charge in [-0.1, -0.05) is 66.5 Å². The molecule has 2 aromatic rings. The van der Waals surface area contributed by atoms with E-state index in [9.17, 15) is 13.2 Å². The summed E-state index contributed by atoms with van der Waals surface area (Å²) in [5, 5.41) is 0. The fourth-order valence-electron chi connectivity index (χ4n) is 4.42. The van der Waals surface area contributed by atoms with Gasteiger partial charge in [0.15, 0.2) is 0 Å². The van der Waals surface area contributed by atoms with E-state index in [0.717, 1.165) is 28.5 Å². The third-order valence-corrected chi connectivity index (χ3v) is 6.86. The first-order valence-corrected chi connectivity index (χ1v) is 13.5. The van der Waals surface area contributed by atoms with E-state index in [-0.39, 0.29) is 12.1 Å². The molecule has 1 aliphatic rings. The molecule has 1 fully saturated rings. The van der Waals surface area contributed by atoms with Crippen LogP contribution in [0.1, 0.15) is 63.3 Å². The van der Waals surface area contributed by atoms with Crippen molar-refractivity contribution in [2.75, 3.05) is 12.8 Å². The van der Waals surface area contributed by atoms with Crippen molar-refractivity contribution in [2.45, 2.75) is 57.7 Å². The zero-order chi connectivity index (χ0) is 25.9. The predicted octanol–water partition coefficient (Wildman–Crippen LogP) is 5.13. The van der Waals surface area contributed by atoms with Crippen molar-refractivity contribution in [1.82, 2.24) is 9.62 Å². The highest BCUT2D eigenvalue weighted by Crippen LogP contribution is 2.41. The molecule has 1 amide bonds. The van der Waals surface area contributed by atoms with E-state index in [1.54, 1.807) is 18.7 Å². The Morgan fingerprint density at radius 3 is 2.37 bits per heavy atom. The first-order chi connectivity index (χ1) is 16.3. The lowest BCUT2D eigenvalue weighted by atomic mass is 9.83. The number of benzene rings is 2. The largest absolute Gasteiger partial charge is 0.437 e. The second-order valence-electron chi connectivity index (χ2n) is 9.85. The molecule has 2 unspecified atom stereocenters. The van der Waals surface area contributed by atoms with E-state index >= 15 is 0 Å². The van der Waals surface area contributed by atoms with Gasteiger partial charge < -0.3 is 9.64 Å². The molecule has 1 aliphatic heterocycles. The van der Waals surface area contributed by atoms with Gasteiger partial charge in [0, 0.05) is 24.9 Å². The number of rotatable bonds is 7. The molecule has 0 aliphatic carbocycles. The average molecular weight is 495 g/mol. The summed E-state index contributed by atoms with van der Waals surface area (Å²) in [5.41, 5.74) is 2.09. The summed E-state index contributed by atoms with van der Waals surface area (Å²) in [5.74, 6) is 5.98. The van der Waals surface area contributed by atoms with E-state index in [1.807, 2.05) is 68.4 Å². The minimum Gasteiger partial charge on any atom is -0.437 e. The third kappa shape index (κ3) is 6.97. The highest BCUT2D eigenvalue weighted by atomic mass is 32.2. The molecule has 0 bridgehead atoms. The maximum atomic E-state index is 13.2. The summed E-state index contributed by atoms with van der Waals surface area (Å²) >= 11 is 0. The summed E-state index contributed by atoms with van der Waals surface area (Å²) < 4.78 is 31.6. The molecule has 6 nitrogen and oxygen atoms in total. The molecule has 186 valence electrons. The Morgan fingerprint density at radius 1 is 1.20 bits per heavy atom. The van der Waals surface area contributed by atoms with Crippen LogP contribution < -0.4 is 4.72 Å². The van der Waals surface area contributed by atoms with Crippen molar-refractivity contribution in [1.29, 1.82) is 0 Å². The van der Waals surface area contributed by atoms with Gasteiger partial charge in [0.05, 0.1) is 17.8 Å². The number of carbonyl (C=O) groups is 1. The Labute approximate surface area is 209 Å². The molecule has 3 rings (SSSR count). The van der Waals surface area contributed by atoms with E-state index in [1.165, 1.54) is 0 Å². The molecule has 7 heteroatoms. The molecule has 2 aromatic carbocycles. The van der Waals surface area contributed by atoms with Crippen molar-refractivity contribution in [2.24, 2.45) is 0 Å². The third-order valence-electron chi connectivity index (χ3n) is 5.98. The van der Waals surface area contributed by atoms with Crippen LogP contribution in [-0.2, 0) is 20.4 Å². The fourth-order valence-corrected chi connectivity index (χ4v) is 5.40. The first-order valence-electron chi connectivity index (χ1n) is 11.6. The minimum absolute atomic E-state index is 0.175. The Morgan fingerprint density at radius 2 is 1.83 bits per heavy atom. The van der Waals surface area contributed by atoms with Gasteiger partial charge in [-0.2, -0.15) is 4.72 Å². The summed E-state index contributed by atoms with van der Waals surface area (Å²) in [6.45, 7) is 12.0. The van der Waals surface area contributed by atoms with Crippen LogP contribution in [0, 0.1) is 11.8 Å². The Kier molecular flexibility index (Phi) is 7.78. The van der Waals surface area contributed by atoms with Gasteiger partial charge in [0.25, 0.3) is 0 Å². The van der Waals surface area contributed by atoms with Crippen LogP contribution in [0.3, 0.4) is 0 Å². The fraction of sp³-hybridized carbons (Fsp3) is 0.393. The molecular formula is C28H34N2O4S. The second-order valence-corrected chi connectivity index (χ2v) is 11.6. The number of sulfonamides is 1. The SMILES string of the molecule is C=C(C)CC1(c2ccccc2)CCN(C(C)c2ccc(C#CC(C)(C)NS(C)(=O)=O)cc2)C(=O)O1. The number of cyclic esters (lactones) is 1. The van der Waals surface area contributed by atoms with Crippen LogP contribution >= 0.6 is 0 Å². The number of amides is 1. The Hall–Kier alpha value is -3.08. The van der Waals surface area contributed by atoms with Crippen molar-refractivity contribution in [3.8, 4) is 11.8 Å². The lowest BCUT2D eigenvalue weighted by Crippen LogP contribution is -2.48. The van der Waals surface area contributed by atoms with Crippen LogP contribution in [0.25, 0.3) is 0 Å². The van der Waals surface area contributed by atoms with Crippen molar-refractivity contribution >= 4 is 16.1 Å². The summed E-state index contributed by atoms with van der Waals surface area (Å²) in [7, 11) is -3.36. The zero-order valence-corrected chi connectivity index (χ0v) is 21.9. The summed E-state index contributed by atoms with van der Waals surface area (Å²) in [4.78, 5) is 14.9. The van der Waals surface area contributed by atoms with Crippen molar-refractivity contribution < 1.29 is 17.9 Å².